The number of benzene rings is 2. The molecule has 1 aromatic heterocycles. The van der Waals surface area contributed by atoms with E-state index in [1.165, 1.54) is 11.4 Å². The van der Waals surface area contributed by atoms with Gasteiger partial charge < -0.3 is 4.74 Å². The zero-order valence-corrected chi connectivity index (χ0v) is 13.5. The minimum atomic E-state index is -3.28. The van der Waals surface area contributed by atoms with E-state index in [4.69, 9.17) is 4.74 Å². The molecule has 0 aliphatic carbocycles. The highest BCUT2D eigenvalue weighted by Gasteiger charge is 2.11. The number of ether oxygens (including phenoxy) is 1. The van der Waals surface area contributed by atoms with Gasteiger partial charge >= 0.3 is 0 Å². The second-order valence-corrected chi connectivity index (χ2v) is 7.04. The predicted octanol–water partition coefficient (Wildman–Crippen LogP) is 2.82. The molecule has 1 heterocycles. The molecule has 2 aromatic carbocycles. The Morgan fingerprint density at radius 3 is 2.30 bits per heavy atom. The van der Waals surface area contributed by atoms with Gasteiger partial charge in [0, 0.05) is 7.05 Å². The molecule has 7 heteroatoms. The first-order chi connectivity index (χ1) is 10.9. The first-order valence-electron chi connectivity index (χ1n) is 6.87. The number of para-hydroxylation sites is 2. The van der Waals surface area contributed by atoms with Gasteiger partial charge in [0.2, 0.25) is 15.9 Å². The average Bonchev–Trinajstić information content (AvgIpc) is 2.54. The van der Waals surface area contributed by atoms with Crippen LogP contribution in [0.3, 0.4) is 0 Å². The van der Waals surface area contributed by atoms with Gasteiger partial charge in [0.15, 0.2) is 0 Å². The highest BCUT2D eigenvalue weighted by Crippen LogP contribution is 2.24. The van der Waals surface area contributed by atoms with Crippen LogP contribution in [-0.4, -0.2) is 31.7 Å². The predicted molar refractivity (Wildman–Crippen MR) is 89.3 cm³/mol. The Morgan fingerprint density at radius 2 is 1.65 bits per heavy atom. The van der Waals surface area contributed by atoms with E-state index >= 15 is 0 Å². The van der Waals surface area contributed by atoms with Crippen LogP contribution in [0, 0.1) is 0 Å². The average molecular weight is 329 g/mol. The molecule has 0 saturated carbocycles. The molecule has 3 aromatic rings. The molecule has 6 nitrogen and oxygen atoms in total. The smallest absolute Gasteiger partial charge is 0.238 e. The van der Waals surface area contributed by atoms with Crippen LogP contribution in [0.1, 0.15) is 0 Å². The van der Waals surface area contributed by atoms with Crippen molar-refractivity contribution >= 4 is 26.7 Å². The summed E-state index contributed by atoms with van der Waals surface area (Å²) < 4.78 is 29.9. The molecule has 0 aliphatic rings. The van der Waals surface area contributed by atoms with Crippen molar-refractivity contribution in [2.45, 2.75) is 0 Å². The fourth-order valence-corrected chi connectivity index (χ4v) is 2.53. The number of rotatable bonds is 4. The van der Waals surface area contributed by atoms with Gasteiger partial charge in [-0.3, -0.25) is 4.31 Å². The van der Waals surface area contributed by atoms with E-state index in [1.807, 2.05) is 24.3 Å². The lowest BCUT2D eigenvalue weighted by Gasteiger charge is -2.16. The first-order valence-corrected chi connectivity index (χ1v) is 8.72. The van der Waals surface area contributed by atoms with Crippen LogP contribution >= 0.6 is 0 Å². The summed E-state index contributed by atoms with van der Waals surface area (Å²) in [5, 5.41) is 0. The van der Waals surface area contributed by atoms with Crippen molar-refractivity contribution in [3.63, 3.8) is 0 Å². The molecule has 0 spiro atoms. The van der Waals surface area contributed by atoms with E-state index in [-0.39, 0.29) is 0 Å². The van der Waals surface area contributed by atoms with Crippen LogP contribution in [-0.2, 0) is 10.0 Å². The molecule has 0 amide bonds. The normalized spacial score (nSPS) is 11.4. The third-order valence-corrected chi connectivity index (χ3v) is 4.55. The minimum absolute atomic E-state index is 0.382. The minimum Gasteiger partial charge on any atom is -0.437 e. The van der Waals surface area contributed by atoms with Crippen LogP contribution in [0.5, 0.6) is 11.6 Å². The van der Waals surface area contributed by atoms with Crippen LogP contribution in [0.25, 0.3) is 11.0 Å². The molecule has 3 rings (SSSR count). The van der Waals surface area contributed by atoms with Crippen LogP contribution in [0.2, 0.25) is 0 Å². The van der Waals surface area contributed by atoms with Crippen molar-refractivity contribution < 1.29 is 13.2 Å². The molecule has 0 unspecified atom stereocenters. The van der Waals surface area contributed by atoms with Gasteiger partial charge in [-0.05, 0) is 36.4 Å². The summed E-state index contributed by atoms with van der Waals surface area (Å²) in [6.07, 6.45) is 2.71. The summed E-state index contributed by atoms with van der Waals surface area (Å²) in [6.45, 7) is 0. The largest absolute Gasteiger partial charge is 0.437 e. The maximum atomic E-state index is 11.5. The lowest BCUT2D eigenvalue weighted by Crippen LogP contribution is -2.24. The van der Waals surface area contributed by atoms with Crippen molar-refractivity contribution in [3.05, 3.63) is 54.7 Å². The van der Waals surface area contributed by atoms with Crippen molar-refractivity contribution in [3.8, 4) is 11.6 Å². The van der Waals surface area contributed by atoms with E-state index in [0.29, 0.717) is 17.3 Å². The molecular weight excluding hydrogens is 314 g/mol. The van der Waals surface area contributed by atoms with E-state index < -0.39 is 10.0 Å². The summed E-state index contributed by atoms with van der Waals surface area (Å²) in [6, 6.07) is 14.2. The number of hydrogen-bond donors (Lipinski definition) is 0. The Morgan fingerprint density at radius 1 is 1.00 bits per heavy atom. The fraction of sp³-hybridized carbons (Fsp3) is 0.125. The number of nitrogens with zero attached hydrogens (tertiary/aromatic N) is 3. The topological polar surface area (TPSA) is 72.4 Å². The molecule has 0 atom stereocenters. The van der Waals surface area contributed by atoms with Crippen LogP contribution < -0.4 is 9.04 Å². The summed E-state index contributed by atoms with van der Waals surface area (Å²) in [4.78, 5) is 8.66. The molecule has 0 fully saturated rings. The second-order valence-electron chi connectivity index (χ2n) is 5.02. The maximum absolute atomic E-state index is 11.5. The zero-order valence-electron chi connectivity index (χ0n) is 12.7. The molecule has 0 N–H and O–H groups in total. The van der Waals surface area contributed by atoms with Gasteiger partial charge in [-0.1, -0.05) is 12.1 Å². The molecule has 0 saturated heterocycles. The van der Waals surface area contributed by atoms with E-state index in [9.17, 15) is 8.42 Å². The van der Waals surface area contributed by atoms with E-state index in [1.54, 1.807) is 30.5 Å². The van der Waals surface area contributed by atoms with E-state index in [0.717, 1.165) is 17.3 Å². The number of aromatic nitrogens is 2. The molecule has 0 aliphatic heterocycles. The third kappa shape index (κ3) is 3.40. The fourth-order valence-electron chi connectivity index (χ4n) is 2.03. The number of fused-ring (bicyclic) bond motifs is 1. The summed E-state index contributed by atoms with van der Waals surface area (Å²) in [5.41, 5.74) is 2.10. The number of sulfonamides is 1. The van der Waals surface area contributed by atoms with Gasteiger partial charge in [-0.25, -0.2) is 18.4 Å². The highest BCUT2D eigenvalue weighted by molar-refractivity contribution is 7.92. The van der Waals surface area contributed by atoms with Crippen molar-refractivity contribution in [2.24, 2.45) is 0 Å². The second kappa shape index (κ2) is 5.85. The molecular formula is C16H15N3O3S. The molecule has 118 valence electrons. The quantitative estimate of drug-likeness (QED) is 0.736. The standard InChI is InChI=1S/C16H15N3O3S/c1-19(23(2,20)21)12-7-9-13(10-8-12)22-16-11-17-14-5-3-4-6-15(14)18-16/h3-11H,1-2H3. The maximum Gasteiger partial charge on any atom is 0.238 e. The summed E-state index contributed by atoms with van der Waals surface area (Å²) in [7, 11) is -1.78. The van der Waals surface area contributed by atoms with Crippen LogP contribution in [0.4, 0.5) is 5.69 Å². The number of hydrogen-bond acceptors (Lipinski definition) is 5. The Labute approximate surface area is 134 Å². The Kier molecular flexibility index (Phi) is 3.87. The lowest BCUT2D eigenvalue weighted by molar-refractivity contribution is 0.463. The lowest BCUT2D eigenvalue weighted by atomic mass is 10.3. The van der Waals surface area contributed by atoms with Crippen molar-refractivity contribution in [1.82, 2.24) is 9.97 Å². The van der Waals surface area contributed by atoms with Gasteiger partial charge in [-0.2, -0.15) is 0 Å². The van der Waals surface area contributed by atoms with Gasteiger partial charge in [0.05, 0.1) is 29.2 Å². The van der Waals surface area contributed by atoms with Gasteiger partial charge in [-0.15, -0.1) is 0 Å². The Hall–Kier alpha value is -2.67. The van der Waals surface area contributed by atoms with Crippen molar-refractivity contribution in [1.29, 1.82) is 0 Å². The van der Waals surface area contributed by atoms with Gasteiger partial charge in [0.25, 0.3) is 0 Å². The Bertz CT molecular complexity index is 940. The highest BCUT2D eigenvalue weighted by atomic mass is 32.2. The first kappa shape index (κ1) is 15.2. The van der Waals surface area contributed by atoms with Gasteiger partial charge in [0.1, 0.15) is 5.75 Å². The molecule has 0 bridgehead atoms. The molecule has 23 heavy (non-hydrogen) atoms. The molecule has 0 radical (unpaired) electrons. The van der Waals surface area contributed by atoms with Crippen molar-refractivity contribution in [2.75, 3.05) is 17.6 Å². The summed E-state index contributed by atoms with van der Waals surface area (Å²) >= 11 is 0. The SMILES string of the molecule is CN(c1ccc(Oc2cnc3ccccc3n2)cc1)S(C)(=O)=O. The monoisotopic (exact) mass is 329 g/mol. The van der Waals surface area contributed by atoms with Crippen LogP contribution in [0.15, 0.2) is 54.7 Å². The van der Waals surface area contributed by atoms with E-state index in [2.05, 4.69) is 9.97 Å². The number of anilines is 1. The third-order valence-electron chi connectivity index (χ3n) is 3.35. The Balaban J connectivity index is 1.82. The zero-order chi connectivity index (χ0) is 16.4. The summed E-state index contributed by atoms with van der Waals surface area (Å²) in [5.74, 6) is 0.938.